The number of β-amino-alcohol motifs (C(OH)–C–C–N with tert-alkyl or cyclic N) is 1. The second kappa shape index (κ2) is 12.2. The summed E-state index contributed by atoms with van der Waals surface area (Å²) in [7, 11) is 5.86. The van der Waals surface area contributed by atoms with E-state index in [0.717, 1.165) is 61.9 Å². The number of pyridine rings is 1. The Bertz CT molecular complexity index is 822. The van der Waals surface area contributed by atoms with Gasteiger partial charge in [-0.05, 0) is 38.2 Å². The standard InChI is InChI=1S/C25H38N4O3/c1-5-20-6-8-22(26-15-20)17-28(3)16-21-7-9-24(31-4)14-25(21)32-19-23(30)18-29-12-10-27(2)11-13-29/h6-9,14-15,23,30H,5,10-13,16-19H2,1-4H3/t23-/m0/s1. The molecule has 7 heteroatoms. The number of benzene rings is 1. The van der Waals surface area contributed by atoms with Crippen molar-refractivity contribution in [2.24, 2.45) is 0 Å². The molecular formula is C25H38N4O3. The number of rotatable bonds is 11. The minimum Gasteiger partial charge on any atom is -0.497 e. The third-order valence-electron chi connectivity index (χ3n) is 5.94. The molecule has 0 spiro atoms. The van der Waals surface area contributed by atoms with Crippen LogP contribution >= 0.6 is 0 Å². The molecule has 1 aromatic heterocycles. The van der Waals surface area contributed by atoms with E-state index >= 15 is 0 Å². The number of hydrogen-bond donors (Lipinski definition) is 1. The summed E-state index contributed by atoms with van der Waals surface area (Å²) in [5.41, 5.74) is 3.35. The van der Waals surface area contributed by atoms with Gasteiger partial charge in [-0.15, -0.1) is 0 Å². The fourth-order valence-corrected chi connectivity index (χ4v) is 3.88. The number of likely N-dealkylation sites (N-methyl/N-ethyl adjacent to an activating group) is 1. The summed E-state index contributed by atoms with van der Waals surface area (Å²) in [6, 6.07) is 10.1. The normalized spacial score (nSPS) is 16.3. The molecule has 0 bridgehead atoms. The number of aliphatic hydroxyl groups excluding tert-OH is 1. The van der Waals surface area contributed by atoms with Crippen molar-refractivity contribution in [3.8, 4) is 11.5 Å². The van der Waals surface area contributed by atoms with Crippen molar-refractivity contribution in [1.82, 2.24) is 19.7 Å². The van der Waals surface area contributed by atoms with E-state index in [9.17, 15) is 5.11 Å². The molecule has 0 radical (unpaired) electrons. The molecule has 1 N–H and O–H groups in total. The lowest BCUT2D eigenvalue weighted by atomic mass is 10.1. The highest BCUT2D eigenvalue weighted by Gasteiger charge is 2.18. The Labute approximate surface area is 192 Å². The van der Waals surface area contributed by atoms with Gasteiger partial charge >= 0.3 is 0 Å². The molecule has 0 amide bonds. The Balaban J connectivity index is 1.57. The average molecular weight is 443 g/mol. The number of methoxy groups -OCH3 is 1. The SMILES string of the molecule is CCc1ccc(CN(C)Cc2ccc(OC)cc2OC[C@@H](O)CN2CCN(C)CC2)nc1. The van der Waals surface area contributed by atoms with Crippen LogP contribution in [0.15, 0.2) is 36.5 Å². The molecule has 1 aliphatic rings. The molecule has 1 saturated heterocycles. The van der Waals surface area contributed by atoms with Crippen LogP contribution in [0.25, 0.3) is 0 Å². The first-order valence-electron chi connectivity index (χ1n) is 11.5. The van der Waals surface area contributed by atoms with Crippen molar-refractivity contribution in [2.75, 3.05) is 60.5 Å². The lowest BCUT2D eigenvalue weighted by Gasteiger charge is -2.33. The minimum absolute atomic E-state index is 0.260. The number of aryl methyl sites for hydroxylation is 1. The minimum atomic E-state index is -0.531. The first-order valence-corrected chi connectivity index (χ1v) is 11.5. The van der Waals surface area contributed by atoms with Crippen molar-refractivity contribution in [2.45, 2.75) is 32.5 Å². The number of ether oxygens (including phenoxy) is 2. The predicted octanol–water partition coefficient (Wildman–Crippen LogP) is 2.27. The second-order valence-corrected chi connectivity index (χ2v) is 8.73. The van der Waals surface area contributed by atoms with Crippen LogP contribution in [0.3, 0.4) is 0 Å². The van der Waals surface area contributed by atoms with Gasteiger partial charge in [-0.3, -0.25) is 14.8 Å². The van der Waals surface area contributed by atoms with E-state index in [4.69, 9.17) is 9.47 Å². The fraction of sp³-hybridized carbons (Fsp3) is 0.560. The maximum absolute atomic E-state index is 10.5. The number of aromatic nitrogens is 1. The molecule has 1 atom stereocenters. The Morgan fingerprint density at radius 1 is 1.12 bits per heavy atom. The van der Waals surface area contributed by atoms with Gasteiger partial charge in [-0.25, -0.2) is 0 Å². The average Bonchev–Trinajstić information content (AvgIpc) is 2.80. The van der Waals surface area contributed by atoms with E-state index in [0.29, 0.717) is 13.1 Å². The zero-order chi connectivity index (χ0) is 22.9. The molecule has 32 heavy (non-hydrogen) atoms. The third kappa shape index (κ3) is 7.45. The molecular weight excluding hydrogens is 404 g/mol. The van der Waals surface area contributed by atoms with Gasteiger partial charge in [0.05, 0.1) is 12.8 Å². The molecule has 2 heterocycles. The molecule has 1 fully saturated rings. The molecule has 0 aliphatic carbocycles. The summed E-state index contributed by atoms with van der Waals surface area (Å²) < 4.78 is 11.5. The Morgan fingerprint density at radius 2 is 1.91 bits per heavy atom. The second-order valence-electron chi connectivity index (χ2n) is 8.73. The molecule has 0 unspecified atom stereocenters. The van der Waals surface area contributed by atoms with Gasteiger partial charge in [-0.1, -0.05) is 19.1 Å². The van der Waals surface area contributed by atoms with Crippen LogP contribution in [0, 0.1) is 0 Å². The van der Waals surface area contributed by atoms with Gasteiger partial charge in [0.15, 0.2) is 0 Å². The molecule has 3 rings (SSSR count). The van der Waals surface area contributed by atoms with Crippen molar-refractivity contribution < 1.29 is 14.6 Å². The molecule has 1 aromatic carbocycles. The number of aliphatic hydroxyl groups is 1. The first-order chi connectivity index (χ1) is 15.5. The summed E-state index contributed by atoms with van der Waals surface area (Å²) in [6.45, 7) is 8.53. The summed E-state index contributed by atoms with van der Waals surface area (Å²) in [5, 5.41) is 10.5. The summed E-state index contributed by atoms with van der Waals surface area (Å²) >= 11 is 0. The highest BCUT2D eigenvalue weighted by atomic mass is 16.5. The van der Waals surface area contributed by atoms with Crippen LogP contribution in [-0.2, 0) is 19.5 Å². The van der Waals surface area contributed by atoms with Crippen LogP contribution < -0.4 is 9.47 Å². The number of piperazine rings is 1. The topological polar surface area (TPSA) is 61.3 Å². The fourth-order valence-electron chi connectivity index (χ4n) is 3.88. The van der Waals surface area contributed by atoms with Crippen LogP contribution in [0.5, 0.6) is 11.5 Å². The summed E-state index contributed by atoms with van der Waals surface area (Å²) in [4.78, 5) is 11.4. The Morgan fingerprint density at radius 3 is 2.56 bits per heavy atom. The zero-order valence-electron chi connectivity index (χ0n) is 20.0. The maximum Gasteiger partial charge on any atom is 0.127 e. The van der Waals surface area contributed by atoms with Gasteiger partial charge in [-0.2, -0.15) is 0 Å². The molecule has 2 aromatic rings. The third-order valence-corrected chi connectivity index (χ3v) is 5.94. The lowest BCUT2D eigenvalue weighted by Crippen LogP contribution is -2.47. The van der Waals surface area contributed by atoms with Crippen LogP contribution in [0.4, 0.5) is 0 Å². The van der Waals surface area contributed by atoms with E-state index in [1.54, 1.807) is 7.11 Å². The Kier molecular flexibility index (Phi) is 9.29. The van der Waals surface area contributed by atoms with Crippen LogP contribution in [0.1, 0.15) is 23.7 Å². The van der Waals surface area contributed by atoms with Gasteiger partial charge < -0.3 is 19.5 Å². The molecule has 1 aliphatic heterocycles. The highest BCUT2D eigenvalue weighted by molar-refractivity contribution is 5.40. The zero-order valence-corrected chi connectivity index (χ0v) is 20.0. The van der Waals surface area contributed by atoms with E-state index in [-0.39, 0.29) is 6.61 Å². The maximum atomic E-state index is 10.5. The van der Waals surface area contributed by atoms with Gasteiger partial charge in [0.2, 0.25) is 0 Å². The highest BCUT2D eigenvalue weighted by Crippen LogP contribution is 2.26. The smallest absolute Gasteiger partial charge is 0.127 e. The quantitative estimate of drug-likeness (QED) is 0.573. The number of hydrogen-bond acceptors (Lipinski definition) is 7. The van der Waals surface area contributed by atoms with Gasteiger partial charge in [0.1, 0.15) is 24.2 Å². The molecule has 7 nitrogen and oxygen atoms in total. The summed E-state index contributed by atoms with van der Waals surface area (Å²) in [6.07, 6.45) is 2.42. The van der Waals surface area contributed by atoms with Crippen LogP contribution in [-0.4, -0.2) is 91.4 Å². The van der Waals surface area contributed by atoms with Crippen molar-refractivity contribution in [1.29, 1.82) is 0 Å². The molecule has 0 saturated carbocycles. The van der Waals surface area contributed by atoms with Crippen molar-refractivity contribution >= 4 is 0 Å². The van der Waals surface area contributed by atoms with Crippen molar-refractivity contribution in [3.05, 3.63) is 53.3 Å². The van der Waals surface area contributed by atoms with Crippen molar-refractivity contribution in [3.63, 3.8) is 0 Å². The lowest BCUT2D eigenvalue weighted by molar-refractivity contribution is 0.0500. The van der Waals surface area contributed by atoms with Gasteiger partial charge in [0.25, 0.3) is 0 Å². The van der Waals surface area contributed by atoms with Gasteiger partial charge in [0, 0.05) is 63.6 Å². The largest absolute Gasteiger partial charge is 0.497 e. The first kappa shape index (κ1) is 24.5. The van der Waals surface area contributed by atoms with E-state index < -0.39 is 6.10 Å². The monoisotopic (exact) mass is 442 g/mol. The predicted molar refractivity (Wildman–Crippen MR) is 127 cm³/mol. The molecule has 176 valence electrons. The van der Waals surface area contributed by atoms with E-state index in [1.807, 2.05) is 24.4 Å². The van der Waals surface area contributed by atoms with E-state index in [2.05, 4.69) is 52.8 Å². The number of nitrogens with zero attached hydrogens (tertiary/aromatic N) is 4. The summed E-state index contributed by atoms with van der Waals surface area (Å²) in [5.74, 6) is 1.50. The van der Waals surface area contributed by atoms with E-state index in [1.165, 1.54) is 5.56 Å². The Hall–Kier alpha value is -2.19. The van der Waals surface area contributed by atoms with Crippen LogP contribution in [0.2, 0.25) is 0 Å².